The van der Waals surface area contributed by atoms with E-state index in [1.165, 1.54) is 0 Å². The summed E-state index contributed by atoms with van der Waals surface area (Å²) in [7, 11) is 1.58. The van der Waals surface area contributed by atoms with E-state index in [1.807, 2.05) is 39.0 Å². The summed E-state index contributed by atoms with van der Waals surface area (Å²) in [6.07, 6.45) is 2.02. The van der Waals surface area contributed by atoms with Gasteiger partial charge in [-0.2, -0.15) is 0 Å². The Morgan fingerprint density at radius 2 is 1.94 bits per heavy atom. The Hall–Kier alpha value is -2.61. The van der Waals surface area contributed by atoms with Crippen LogP contribution in [0.1, 0.15) is 52.5 Å². The molecule has 1 unspecified atom stereocenters. The second-order valence-corrected chi connectivity index (χ2v) is 10.4. The minimum absolute atomic E-state index is 0.132. The molecule has 2 heterocycles. The average molecular weight is 474 g/mol. The van der Waals surface area contributed by atoms with Crippen molar-refractivity contribution >= 4 is 17.7 Å². The van der Waals surface area contributed by atoms with Gasteiger partial charge in [0, 0.05) is 18.4 Å². The highest BCUT2D eigenvalue weighted by Crippen LogP contribution is 2.66. The Bertz CT molecular complexity index is 989. The molecule has 0 radical (unpaired) electrons. The van der Waals surface area contributed by atoms with Gasteiger partial charge >= 0.3 is 5.97 Å². The highest BCUT2D eigenvalue weighted by atomic mass is 16.6. The summed E-state index contributed by atoms with van der Waals surface area (Å²) in [6.45, 7) is 8.89. The van der Waals surface area contributed by atoms with Crippen LogP contribution in [0.2, 0.25) is 0 Å². The first-order valence-corrected chi connectivity index (χ1v) is 12.0. The zero-order chi connectivity index (χ0) is 24.7. The molecule has 2 bridgehead atoms. The number of aryl methyl sites for hydroxylation is 1. The zero-order valence-electron chi connectivity index (χ0n) is 20.8. The number of ketones is 1. The molecule has 0 aromatic heterocycles. The first kappa shape index (κ1) is 24.5. The van der Waals surface area contributed by atoms with Gasteiger partial charge in [-0.1, -0.05) is 19.9 Å². The van der Waals surface area contributed by atoms with Crippen molar-refractivity contribution in [2.75, 3.05) is 33.4 Å². The maximum absolute atomic E-state index is 13.7. The molecule has 2 saturated heterocycles. The number of carbonyl (C=O) groups excluding carboxylic acids is 3. The molecule has 8 nitrogen and oxygen atoms in total. The first-order chi connectivity index (χ1) is 16.0. The highest BCUT2D eigenvalue weighted by molar-refractivity contribution is 5.96. The van der Waals surface area contributed by atoms with E-state index in [4.69, 9.17) is 18.9 Å². The Morgan fingerprint density at radius 3 is 2.56 bits per heavy atom. The van der Waals surface area contributed by atoms with Crippen molar-refractivity contribution in [1.82, 2.24) is 4.90 Å². The molecule has 0 N–H and O–H groups in total. The largest absolute Gasteiger partial charge is 0.493 e. The van der Waals surface area contributed by atoms with E-state index in [1.54, 1.807) is 18.9 Å². The van der Waals surface area contributed by atoms with Crippen molar-refractivity contribution in [3.63, 3.8) is 0 Å². The summed E-state index contributed by atoms with van der Waals surface area (Å²) >= 11 is 0. The summed E-state index contributed by atoms with van der Waals surface area (Å²) in [5.74, 6) is 0.910. The van der Waals surface area contributed by atoms with Gasteiger partial charge < -0.3 is 28.6 Å². The lowest BCUT2D eigenvalue weighted by Gasteiger charge is -2.41. The number of carbonyl (C=O) groups is 3. The molecular formula is C26H35NO7. The molecule has 3 atom stereocenters. The Morgan fingerprint density at radius 1 is 1.18 bits per heavy atom. The van der Waals surface area contributed by atoms with Gasteiger partial charge in [-0.3, -0.25) is 9.59 Å². The normalized spacial score (nSPS) is 29.6. The number of ether oxygens (including phenoxy) is 4. The average Bonchev–Trinajstić information content (AvgIpc) is 3.11. The van der Waals surface area contributed by atoms with Crippen LogP contribution < -0.4 is 9.47 Å². The van der Waals surface area contributed by atoms with E-state index in [2.05, 4.69) is 0 Å². The number of Topliss-reactive ketones (excluding diaryl/α,β-unsaturated/α-hetero) is 1. The number of benzene rings is 1. The van der Waals surface area contributed by atoms with Gasteiger partial charge in [0.15, 0.2) is 17.1 Å². The summed E-state index contributed by atoms with van der Waals surface area (Å²) in [5.41, 5.74) is -1.32. The minimum atomic E-state index is -1.11. The predicted octanol–water partition coefficient (Wildman–Crippen LogP) is 2.94. The number of esters is 1. The van der Waals surface area contributed by atoms with Crippen LogP contribution in [0.4, 0.5) is 0 Å². The van der Waals surface area contributed by atoms with Crippen LogP contribution in [0.5, 0.6) is 11.5 Å². The van der Waals surface area contributed by atoms with Crippen molar-refractivity contribution in [2.24, 2.45) is 10.8 Å². The molecule has 4 rings (SSSR count). The van der Waals surface area contributed by atoms with Crippen molar-refractivity contribution in [1.29, 1.82) is 0 Å². The maximum atomic E-state index is 13.7. The van der Waals surface area contributed by atoms with Crippen molar-refractivity contribution in [3.8, 4) is 11.5 Å². The molecule has 2 aliphatic heterocycles. The predicted molar refractivity (Wildman–Crippen MR) is 124 cm³/mol. The van der Waals surface area contributed by atoms with Gasteiger partial charge in [-0.25, -0.2) is 0 Å². The highest BCUT2D eigenvalue weighted by Gasteiger charge is 2.76. The molecule has 3 fully saturated rings. The lowest BCUT2D eigenvalue weighted by Crippen LogP contribution is -2.59. The molecule has 1 saturated carbocycles. The third-order valence-corrected chi connectivity index (χ3v) is 8.27. The Balaban J connectivity index is 1.40. The van der Waals surface area contributed by atoms with Gasteiger partial charge in [-0.05, 0) is 50.8 Å². The van der Waals surface area contributed by atoms with Crippen molar-refractivity contribution in [2.45, 2.75) is 65.1 Å². The van der Waals surface area contributed by atoms with Gasteiger partial charge in [0.25, 0.3) is 5.91 Å². The smallest absolute Gasteiger partial charge is 0.313 e. The lowest BCUT2D eigenvalue weighted by molar-refractivity contribution is -0.178. The number of methoxy groups -OCH3 is 1. The van der Waals surface area contributed by atoms with E-state index < -0.39 is 16.4 Å². The van der Waals surface area contributed by atoms with Gasteiger partial charge in [-0.15, -0.1) is 0 Å². The van der Waals surface area contributed by atoms with Crippen LogP contribution in [0.3, 0.4) is 0 Å². The monoisotopic (exact) mass is 473 g/mol. The second kappa shape index (κ2) is 8.87. The number of rotatable bonds is 8. The molecule has 1 aromatic rings. The Kier molecular flexibility index (Phi) is 6.40. The SMILES string of the molecule is COc1cc(CCC(C)=O)ccc1OCC1CN(C(=O)[C@@]23CC[C@@](C)(C(=O)O2)C3(C)C)CCO1. The first-order valence-electron chi connectivity index (χ1n) is 12.0. The van der Waals surface area contributed by atoms with Crippen LogP contribution in [-0.2, 0) is 30.3 Å². The van der Waals surface area contributed by atoms with E-state index in [9.17, 15) is 14.4 Å². The summed E-state index contributed by atoms with van der Waals surface area (Å²) < 4.78 is 23.1. The summed E-state index contributed by atoms with van der Waals surface area (Å²) in [4.78, 5) is 39.3. The van der Waals surface area contributed by atoms with Gasteiger partial charge in [0.2, 0.25) is 0 Å². The van der Waals surface area contributed by atoms with E-state index in [-0.39, 0.29) is 30.4 Å². The quantitative estimate of drug-likeness (QED) is 0.536. The Labute approximate surface area is 200 Å². The van der Waals surface area contributed by atoms with E-state index in [0.29, 0.717) is 56.9 Å². The number of morpholine rings is 1. The van der Waals surface area contributed by atoms with Crippen LogP contribution >= 0.6 is 0 Å². The summed E-state index contributed by atoms with van der Waals surface area (Å²) in [5, 5.41) is 0. The fourth-order valence-corrected chi connectivity index (χ4v) is 5.47. The van der Waals surface area contributed by atoms with E-state index >= 15 is 0 Å². The van der Waals surface area contributed by atoms with Crippen LogP contribution in [-0.4, -0.2) is 67.7 Å². The van der Waals surface area contributed by atoms with Crippen LogP contribution in [0.15, 0.2) is 18.2 Å². The zero-order valence-corrected chi connectivity index (χ0v) is 20.8. The molecule has 186 valence electrons. The second-order valence-electron chi connectivity index (χ2n) is 10.4. The lowest BCUT2D eigenvalue weighted by atomic mass is 9.66. The summed E-state index contributed by atoms with van der Waals surface area (Å²) in [6, 6.07) is 5.63. The number of amides is 1. The van der Waals surface area contributed by atoms with Crippen molar-refractivity contribution < 1.29 is 33.3 Å². The maximum Gasteiger partial charge on any atom is 0.313 e. The minimum Gasteiger partial charge on any atom is -0.493 e. The molecule has 3 aliphatic rings. The number of hydrogen-bond donors (Lipinski definition) is 0. The molecular weight excluding hydrogens is 438 g/mol. The number of hydrogen-bond acceptors (Lipinski definition) is 7. The standard InChI is InChI=1S/C26H35NO7/c1-17(28)6-7-18-8-9-20(21(14-18)31-5)33-16-19-15-27(12-13-32-19)22(29)26-11-10-25(4,23(30)34-26)24(26,2)3/h8-9,14,19H,6-7,10-13,15-16H2,1-5H3/t19?,25-,26+/m0/s1. The fraction of sp³-hybridized carbons (Fsp3) is 0.654. The number of fused-ring (bicyclic) bond motifs is 2. The van der Waals surface area contributed by atoms with Crippen LogP contribution in [0, 0.1) is 10.8 Å². The van der Waals surface area contributed by atoms with Crippen molar-refractivity contribution in [3.05, 3.63) is 23.8 Å². The third-order valence-electron chi connectivity index (χ3n) is 8.27. The van der Waals surface area contributed by atoms with Crippen LogP contribution in [0.25, 0.3) is 0 Å². The third kappa shape index (κ3) is 3.85. The van der Waals surface area contributed by atoms with Gasteiger partial charge in [0.1, 0.15) is 18.5 Å². The molecule has 34 heavy (non-hydrogen) atoms. The molecule has 1 amide bonds. The molecule has 1 aliphatic carbocycles. The number of nitrogens with zero attached hydrogens (tertiary/aromatic N) is 1. The van der Waals surface area contributed by atoms with E-state index in [0.717, 1.165) is 5.56 Å². The molecule has 0 spiro atoms. The fourth-order valence-electron chi connectivity index (χ4n) is 5.47. The van der Waals surface area contributed by atoms with Gasteiger partial charge in [0.05, 0.1) is 25.7 Å². The topological polar surface area (TPSA) is 91.4 Å². The molecule has 8 heteroatoms. The molecule has 1 aromatic carbocycles.